The zero-order chi connectivity index (χ0) is 9.23. The first-order chi connectivity index (χ1) is 5.81. The summed E-state index contributed by atoms with van der Waals surface area (Å²) >= 11 is 0. The Morgan fingerprint density at radius 3 is 2.50 bits per heavy atom. The molecule has 0 fully saturated rings. The molecular weight excluding hydrogens is 150 g/mol. The van der Waals surface area contributed by atoms with Crippen molar-refractivity contribution in [2.75, 3.05) is 13.1 Å². The maximum absolute atomic E-state index is 11.1. The molecule has 0 aromatic carbocycles. The van der Waals surface area contributed by atoms with Crippen molar-refractivity contribution in [2.24, 2.45) is 0 Å². The summed E-state index contributed by atoms with van der Waals surface area (Å²) in [5, 5.41) is 3.11. The lowest BCUT2D eigenvalue weighted by Gasteiger charge is -2.01. The van der Waals surface area contributed by atoms with Crippen LogP contribution in [0.25, 0.3) is 0 Å². The van der Waals surface area contributed by atoms with Gasteiger partial charge in [-0.15, -0.1) is 0 Å². The summed E-state index contributed by atoms with van der Waals surface area (Å²) in [6, 6.07) is 0. The zero-order valence-electron chi connectivity index (χ0n) is 8.36. The number of unbranched alkanes of at least 4 members (excludes halogenated alkanes) is 2. The summed E-state index contributed by atoms with van der Waals surface area (Å²) in [6.07, 6.45) is 5.28. The fourth-order valence-corrected chi connectivity index (χ4v) is 1.07. The molecule has 1 N–H and O–H groups in total. The molecule has 0 amide bonds. The van der Waals surface area contributed by atoms with Crippen molar-refractivity contribution in [1.29, 1.82) is 0 Å². The van der Waals surface area contributed by atoms with Crippen molar-refractivity contribution < 1.29 is 4.79 Å². The second-order valence-electron chi connectivity index (χ2n) is 3.17. The van der Waals surface area contributed by atoms with Gasteiger partial charge >= 0.3 is 0 Å². The third kappa shape index (κ3) is 7.73. The third-order valence-corrected chi connectivity index (χ3v) is 1.81. The van der Waals surface area contributed by atoms with Crippen molar-refractivity contribution >= 4 is 5.78 Å². The summed E-state index contributed by atoms with van der Waals surface area (Å²) in [5.74, 6) is 0.358. The molecule has 0 saturated carbocycles. The Morgan fingerprint density at radius 2 is 1.92 bits per heavy atom. The smallest absolute Gasteiger partial charge is 0.146 e. The molecule has 0 aliphatic rings. The van der Waals surface area contributed by atoms with Crippen LogP contribution in [0.5, 0.6) is 0 Å². The Hall–Kier alpha value is -0.370. The van der Waals surface area contributed by atoms with Crippen molar-refractivity contribution in [2.45, 2.75) is 46.0 Å². The number of carbonyl (C=O) groups excluding carboxylic acids is 1. The van der Waals surface area contributed by atoms with Gasteiger partial charge in [0.25, 0.3) is 0 Å². The second-order valence-corrected chi connectivity index (χ2v) is 3.17. The number of carbonyl (C=O) groups is 1. The average molecular weight is 171 g/mol. The molecule has 0 heterocycles. The first kappa shape index (κ1) is 11.6. The highest BCUT2D eigenvalue weighted by atomic mass is 16.1. The van der Waals surface area contributed by atoms with Crippen LogP contribution in [0.15, 0.2) is 0 Å². The summed E-state index contributed by atoms with van der Waals surface area (Å²) < 4.78 is 0. The maximum atomic E-state index is 11.1. The molecule has 0 spiro atoms. The largest absolute Gasteiger partial charge is 0.310 e. The van der Waals surface area contributed by atoms with Gasteiger partial charge in [-0.2, -0.15) is 0 Å². The van der Waals surface area contributed by atoms with Crippen molar-refractivity contribution in [3.63, 3.8) is 0 Å². The Bertz CT molecular complexity index is 100. The Balaban J connectivity index is 3.10. The highest BCUT2D eigenvalue weighted by Crippen LogP contribution is 1.98. The first-order valence-corrected chi connectivity index (χ1v) is 5.03. The molecule has 0 atom stereocenters. The van der Waals surface area contributed by atoms with E-state index in [0.29, 0.717) is 12.3 Å². The van der Waals surface area contributed by atoms with E-state index in [9.17, 15) is 4.79 Å². The normalized spacial score (nSPS) is 10.2. The summed E-state index contributed by atoms with van der Waals surface area (Å²) in [5.41, 5.74) is 0. The van der Waals surface area contributed by atoms with E-state index >= 15 is 0 Å². The molecular formula is C10H21NO. The fourth-order valence-electron chi connectivity index (χ4n) is 1.07. The summed E-state index contributed by atoms with van der Waals surface area (Å²) in [6.45, 7) is 5.78. The minimum atomic E-state index is 0.358. The highest BCUT2D eigenvalue weighted by Gasteiger charge is 1.99. The zero-order valence-corrected chi connectivity index (χ0v) is 8.36. The lowest BCUT2D eigenvalue weighted by molar-refractivity contribution is -0.118. The van der Waals surface area contributed by atoms with Crippen LogP contribution >= 0.6 is 0 Å². The molecule has 2 nitrogen and oxygen atoms in total. The van der Waals surface area contributed by atoms with Crippen LogP contribution in [0.3, 0.4) is 0 Å². The van der Waals surface area contributed by atoms with E-state index in [-0.39, 0.29) is 0 Å². The molecule has 0 rings (SSSR count). The highest BCUT2D eigenvalue weighted by molar-refractivity contribution is 5.80. The Morgan fingerprint density at radius 1 is 1.17 bits per heavy atom. The van der Waals surface area contributed by atoms with Crippen LogP contribution in [0.1, 0.15) is 46.0 Å². The van der Waals surface area contributed by atoms with Gasteiger partial charge < -0.3 is 5.32 Å². The molecule has 0 aromatic rings. The molecule has 0 aliphatic heterocycles. The van der Waals surface area contributed by atoms with Crippen LogP contribution in [0.4, 0.5) is 0 Å². The van der Waals surface area contributed by atoms with Crippen LogP contribution in [-0.2, 0) is 4.79 Å². The van der Waals surface area contributed by atoms with Gasteiger partial charge in [0.1, 0.15) is 5.78 Å². The van der Waals surface area contributed by atoms with Gasteiger partial charge in [-0.3, -0.25) is 4.79 Å². The molecule has 0 radical (unpaired) electrons. The quantitative estimate of drug-likeness (QED) is 0.567. The lowest BCUT2D eigenvalue weighted by atomic mass is 10.1. The molecule has 12 heavy (non-hydrogen) atoms. The van der Waals surface area contributed by atoms with Gasteiger partial charge in [-0.25, -0.2) is 0 Å². The van der Waals surface area contributed by atoms with Crippen LogP contribution < -0.4 is 5.32 Å². The standard InChI is InChI=1S/C10H21NO/c1-3-5-6-7-10(12)9-11-8-4-2/h11H,3-9H2,1-2H3. The fraction of sp³-hybridized carbons (Fsp3) is 0.900. The monoisotopic (exact) mass is 171 g/mol. The molecule has 0 unspecified atom stereocenters. The second kappa shape index (κ2) is 8.72. The van der Waals surface area contributed by atoms with E-state index in [1.54, 1.807) is 0 Å². The van der Waals surface area contributed by atoms with Gasteiger partial charge in [0.2, 0.25) is 0 Å². The van der Waals surface area contributed by atoms with Crippen LogP contribution in [0.2, 0.25) is 0 Å². The van der Waals surface area contributed by atoms with Crippen molar-refractivity contribution in [3.05, 3.63) is 0 Å². The van der Waals surface area contributed by atoms with Crippen molar-refractivity contribution in [3.8, 4) is 0 Å². The van der Waals surface area contributed by atoms with Crippen LogP contribution in [0, 0.1) is 0 Å². The number of rotatable bonds is 8. The van der Waals surface area contributed by atoms with E-state index in [0.717, 1.165) is 25.8 Å². The van der Waals surface area contributed by atoms with Crippen LogP contribution in [-0.4, -0.2) is 18.9 Å². The Labute approximate surface area is 75.7 Å². The minimum absolute atomic E-state index is 0.358. The predicted octanol–water partition coefficient (Wildman–Crippen LogP) is 2.14. The number of Topliss-reactive ketones (excluding diaryl/α,β-unsaturated/α-hetero) is 1. The SMILES string of the molecule is CCCCCC(=O)CNCCC. The van der Waals surface area contributed by atoms with E-state index in [1.165, 1.54) is 12.8 Å². The first-order valence-electron chi connectivity index (χ1n) is 5.03. The number of hydrogen-bond donors (Lipinski definition) is 1. The molecule has 0 aliphatic carbocycles. The maximum Gasteiger partial charge on any atom is 0.146 e. The van der Waals surface area contributed by atoms with Crippen molar-refractivity contribution in [1.82, 2.24) is 5.32 Å². The van der Waals surface area contributed by atoms with E-state index in [2.05, 4.69) is 19.2 Å². The van der Waals surface area contributed by atoms with E-state index in [1.807, 2.05) is 0 Å². The lowest BCUT2D eigenvalue weighted by Crippen LogP contribution is -2.23. The third-order valence-electron chi connectivity index (χ3n) is 1.81. The Kier molecular flexibility index (Phi) is 8.46. The van der Waals surface area contributed by atoms with Gasteiger partial charge in [-0.1, -0.05) is 26.7 Å². The molecule has 0 saturated heterocycles. The molecule has 0 aromatic heterocycles. The molecule has 2 heteroatoms. The topological polar surface area (TPSA) is 29.1 Å². The van der Waals surface area contributed by atoms with Gasteiger partial charge in [-0.05, 0) is 19.4 Å². The average Bonchev–Trinajstić information content (AvgIpc) is 2.06. The van der Waals surface area contributed by atoms with E-state index < -0.39 is 0 Å². The molecule has 0 bridgehead atoms. The van der Waals surface area contributed by atoms with Gasteiger partial charge in [0, 0.05) is 6.42 Å². The summed E-state index contributed by atoms with van der Waals surface area (Å²) in [7, 11) is 0. The number of ketones is 1. The summed E-state index contributed by atoms with van der Waals surface area (Å²) in [4.78, 5) is 11.1. The van der Waals surface area contributed by atoms with E-state index in [4.69, 9.17) is 0 Å². The number of nitrogens with one attached hydrogen (secondary N) is 1. The van der Waals surface area contributed by atoms with Gasteiger partial charge in [0.15, 0.2) is 0 Å². The predicted molar refractivity (Wildman–Crippen MR) is 52.3 cm³/mol. The number of hydrogen-bond acceptors (Lipinski definition) is 2. The molecule has 72 valence electrons. The van der Waals surface area contributed by atoms with Gasteiger partial charge in [0.05, 0.1) is 6.54 Å². The minimum Gasteiger partial charge on any atom is -0.310 e.